The maximum Gasteiger partial charge on any atom is 0.320 e. The highest BCUT2D eigenvalue weighted by atomic mass is 16.2. The monoisotopic (exact) mass is 447 g/mol. The molecule has 4 N–H and O–H groups in total. The first-order valence-corrected chi connectivity index (χ1v) is 11.7. The first kappa shape index (κ1) is 22.8. The molecule has 7 nitrogen and oxygen atoms in total. The molecule has 2 aromatic carbocycles. The van der Waals surface area contributed by atoms with Crippen LogP contribution in [0.5, 0.6) is 0 Å². The minimum absolute atomic E-state index is 0.132. The smallest absolute Gasteiger partial charge is 0.320 e. The lowest BCUT2D eigenvalue weighted by molar-refractivity contribution is -0.117. The summed E-state index contributed by atoms with van der Waals surface area (Å²) in [6.45, 7) is 6.26. The molecule has 0 bridgehead atoms. The maximum atomic E-state index is 12.8. The van der Waals surface area contributed by atoms with Crippen LogP contribution in [0, 0.1) is 0 Å². The lowest BCUT2D eigenvalue weighted by Crippen LogP contribution is -2.39. The van der Waals surface area contributed by atoms with Gasteiger partial charge < -0.3 is 11.1 Å². The molecule has 1 aliphatic carbocycles. The Morgan fingerprint density at radius 2 is 1.82 bits per heavy atom. The number of rotatable bonds is 5. The quantitative estimate of drug-likeness (QED) is 0.523. The van der Waals surface area contributed by atoms with Crippen molar-refractivity contribution in [2.24, 2.45) is 5.73 Å². The summed E-state index contributed by atoms with van der Waals surface area (Å²) in [5, 5.41) is 12.9. The number of nitrogens with zero attached hydrogens (tertiary/aromatic N) is 2. The van der Waals surface area contributed by atoms with Crippen LogP contribution in [0.25, 0.3) is 16.5 Å². The van der Waals surface area contributed by atoms with Gasteiger partial charge in [0.25, 0.3) is 0 Å². The number of amides is 3. The van der Waals surface area contributed by atoms with Gasteiger partial charge in [-0.25, -0.2) is 9.48 Å². The third-order valence-corrected chi connectivity index (χ3v) is 6.20. The molecule has 0 atom stereocenters. The molecule has 0 aliphatic heterocycles. The normalized spacial score (nSPS) is 14.9. The van der Waals surface area contributed by atoms with Gasteiger partial charge in [-0.15, -0.1) is 0 Å². The van der Waals surface area contributed by atoms with E-state index in [4.69, 9.17) is 10.8 Å². The van der Waals surface area contributed by atoms with E-state index in [2.05, 4.69) is 31.4 Å². The summed E-state index contributed by atoms with van der Waals surface area (Å²) < 4.78 is 1.75. The lowest BCUT2D eigenvalue weighted by atomic mass is 9.92. The maximum absolute atomic E-state index is 12.8. The van der Waals surface area contributed by atoms with Gasteiger partial charge in [0.05, 0.1) is 17.8 Å². The summed E-state index contributed by atoms with van der Waals surface area (Å²) in [4.78, 5) is 24.6. The van der Waals surface area contributed by atoms with Crippen molar-refractivity contribution in [3.8, 4) is 5.69 Å². The summed E-state index contributed by atoms with van der Waals surface area (Å²) in [5.74, 6) is 0.201. The zero-order chi connectivity index (χ0) is 23.6. The molecule has 4 rings (SSSR count). The number of primary amides is 1. The van der Waals surface area contributed by atoms with Gasteiger partial charge in [-0.1, -0.05) is 64.3 Å². The molecule has 1 saturated carbocycles. The molecule has 1 fully saturated rings. The van der Waals surface area contributed by atoms with E-state index in [-0.39, 0.29) is 23.9 Å². The van der Waals surface area contributed by atoms with E-state index in [0.29, 0.717) is 5.82 Å². The van der Waals surface area contributed by atoms with Crippen LogP contribution in [-0.2, 0) is 16.6 Å². The first-order chi connectivity index (χ1) is 15.7. The molecule has 0 saturated heterocycles. The number of anilines is 1. The SMILES string of the molecule is CC(C)(C)c1cc(NC(=O)NC2CCCCC2)n(-c2cc(CC(N)=O)c3ccccc3c2)n1. The molecule has 1 aliphatic rings. The van der Waals surface area contributed by atoms with Gasteiger partial charge in [0.2, 0.25) is 5.91 Å². The number of urea groups is 1. The Morgan fingerprint density at radius 3 is 2.52 bits per heavy atom. The highest BCUT2D eigenvalue weighted by molar-refractivity contribution is 5.92. The number of carbonyl (C=O) groups excluding carboxylic acids is 2. The highest BCUT2D eigenvalue weighted by Crippen LogP contribution is 2.29. The van der Waals surface area contributed by atoms with Gasteiger partial charge in [-0.3, -0.25) is 10.1 Å². The molecular weight excluding hydrogens is 414 g/mol. The number of benzene rings is 2. The van der Waals surface area contributed by atoms with Crippen LogP contribution < -0.4 is 16.4 Å². The topological polar surface area (TPSA) is 102 Å². The Hall–Kier alpha value is -3.35. The molecule has 33 heavy (non-hydrogen) atoms. The molecule has 0 unspecified atom stereocenters. The van der Waals surface area contributed by atoms with Crippen LogP contribution in [0.3, 0.4) is 0 Å². The van der Waals surface area contributed by atoms with Gasteiger partial charge in [0.1, 0.15) is 5.82 Å². The predicted octanol–water partition coefficient (Wildman–Crippen LogP) is 4.81. The Morgan fingerprint density at radius 1 is 1.09 bits per heavy atom. The Labute approximate surface area is 194 Å². The molecular formula is C26H33N5O2. The van der Waals surface area contributed by atoms with Crippen LogP contribution in [0.4, 0.5) is 10.6 Å². The molecule has 0 spiro atoms. The number of hydrogen-bond acceptors (Lipinski definition) is 3. The van der Waals surface area contributed by atoms with Crippen molar-refractivity contribution in [3.05, 3.63) is 53.7 Å². The van der Waals surface area contributed by atoms with E-state index in [9.17, 15) is 9.59 Å². The zero-order valence-corrected chi connectivity index (χ0v) is 19.6. The zero-order valence-electron chi connectivity index (χ0n) is 19.6. The summed E-state index contributed by atoms with van der Waals surface area (Å²) in [6.07, 6.45) is 5.69. The molecule has 3 amide bonds. The fourth-order valence-corrected chi connectivity index (χ4v) is 4.45. The van der Waals surface area contributed by atoms with Gasteiger partial charge in [0.15, 0.2) is 0 Å². The summed E-state index contributed by atoms with van der Waals surface area (Å²) in [7, 11) is 0. The van der Waals surface area contributed by atoms with Gasteiger partial charge >= 0.3 is 6.03 Å². The van der Waals surface area contributed by atoms with E-state index in [1.165, 1.54) is 6.42 Å². The largest absolute Gasteiger partial charge is 0.369 e. The Balaban J connectivity index is 1.73. The minimum Gasteiger partial charge on any atom is -0.369 e. The van der Waals surface area contributed by atoms with Gasteiger partial charge in [-0.2, -0.15) is 5.10 Å². The summed E-state index contributed by atoms with van der Waals surface area (Å²) >= 11 is 0. The van der Waals surface area contributed by atoms with E-state index >= 15 is 0 Å². The number of nitrogens with two attached hydrogens (primary N) is 1. The number of hydrogen-bond donors (Lipinski definition) is 3. The van der Waals surface area contributed by atoms with Crippen molar-refractivity contribution in [2.75, 3.05) is 5.32 Å². The third kappa shape index (κ3) is 5.35. The van der Waals surface area contributed by atoms with Gasteiger partial charge in [0, 0.05) is 17.5 Å². The fourth-order valence-electron chi connectivity index (χ4n) is 4.45. The second-order valence-electron chi connectivity index (χ2n) is 9.98. The van der Waals surface area contributed by atoms with Crippen molar-refractivity contribution in [1.29, 1.82) is 0 Å². The average Bonchev–Trinajstić information content (AvgIpc) is 3.18. The van der Waals surface area contributed by atoms with E-state index in [1.807, 2.05) is 42.5 Å². The summed E-state index contributed by atoms with van der Waals surface area (Å²) in [6, 6.07) is 13.7. The van der Waals surface area contributed by atoms with Gasteiger partial charge in [-0.05, 0) is 41.3 Å². The van der Waals surface area contributed by atoms with Crippen molar-refractivity contribution in [2.45, 2.75) is 70.8 Å². The summed E-state index contributed by atoms with van der Waals surface area (Å²) in [5.41, 5.74) is 7.79. The number of carbonyl (C=O) groups is 2. The molecule has 3 aromatic rings. The fraction of sp³-hybridized carbons (Fsp3) is 0.423. The third-order valence-electron chi connectivity index (χ3n) is 6.20. The van der Waals surface area contributed by atoms with Crippen LogP contribution in [0.1, 0.15) is 64.1 Å². The number of aromatic nitrogens is 2. The highest BCUT2D eigenvalue weighted by Gasteiger charge is 2.23. The van der Waals surface area contributed by atoms with E-state index in [1.54, 1.807) is 4.68 Å². The second-order valence-corrected chi connectivity index (χ2v) is 9.98. The average molecular weight is 448 g/mol. The van der Waals surface area contributed by atoms with Crippen molar-refractivity contribution >= 4 is 28.5 Å². The predicted molar refractivity (Wildman–Crippen MR) is 132 cm³/mol. The molecule has 0 radical (unpaired) electrons. The standard InChI is InChI=1S/C26H33N5O2/c1-26(2,3)22-16-24(29-25(33)28-19-10-5-4-6-11-19)31(30-22)20-13-17-9-7-8-12-21(17)18(14-20)15-23(27)32/h7-9,12-14,16,19H,4-6,10-11,15H2,1-3H3,(H2,27,32)(H2,28,29,33). The Kier molecular flexibility index (Phi) is 6.40. The van der Waals surface area contributed by atoms with Crippen LogP contribution in [-0.4, -0.2) is 27.8 Å². The lowest BCUT2D eigenvalue weighted by Gasteiger charge is -2.23. The number of fused-ring (bicyclic) bond motifs is 1. The van der Waals surface area contributed by atoms with Crippen LogP contribution in [0.2, 0.25) is 0 Å². The van der Waals surface area contributed by atoms with E-state index in [0.717, 1.165) is 53.4 Å². The van der Waals surface area contributed by atoms with Crippen LogP contribution >= 0.6 is 0 Å². The van der Waals surface area contributed by atoms with E-state index < -0.39 is 5.91 Å². The molecule has 7 heteroatoms. The molecule has 1 aromatic heterocycles. The van der Waals surface area contributed by atoms with Crippen molar-refractivity contribution in [3.63, 3.8) is 0 Å². The Bertz CT molecular complexity index is 1170. The second kappa shape index (κ2) is 9.25. The number of nitrogens with one attached hydrogen (secondary N) is 2. The van der Waals surface area contributed by atoms with Crippen molar-refractivity contribution < 1.29 is 9.59 Å². The molecule has 1 heterocycles. The minimum atomic E-state index is -0.390. The molecule has 174 valence electrons. The first-order valence-electron chi connectivity index (χ1n) is 11.7. The van der Waals surface area contributed by atoms with Crippen LogP contribution in [0.15, 0.2) is 42.5 Å². The van der Waals surface area contributed by atoms with Crippen molar-refractivity contribution in [1.82, 2.24) is 15.1 Å².